The highest BCUT2D eigenvalue weighted by atomic mass is 32.2. The molecule has 0 fully saturated rings. The van der Waals surface area contributed by atoms with Crippen LogP contribution in [0, 0.1) is 0 Å². The van der Waals surface area contributed by atoms with Crippen LogP contribution in [0.2, 0.25) is 0 Å². The van der Waals surface area contributed by atoms with Gasteiger partial charge < -0.3 is 11.1 Å². The van der Waals surface area contributed by atoms with Crippen LogP contribution in [0.15, 0.2) is 29.2 Å². The minimum atomic E-state index is -0.0823. The van der Waals surface area contributed by atoms with E-state index < -0.39 is 0 Å². The summed E-state index contributed by atoms with van der Waals surface area (Å²) in [4.78, 5) is 12.8. The predicted molar refractivity (Wildman–Crippen MR) is 72.9 cm³/mol. The molecule has 0 heterocycles. The maximum Gasteiger partial charge on any atom is 0.233 e. The molecule has 17 heavy (non-hydrogen) atoms. The van der Waals surface area contributed by atoms with Crippen molar-refractivity contribution in [3.8, 4) is 0 Å². The lowest BCUT2D eigenvalue weighted by Gasteiger charge is -2.14. The first-order valence-electron chi connectivity index (χ1n) is 5.79. The van der Waals surface area contributed by atoms with E-state index in [1.165, 1.54) is 0 Å². The predicted octanol–water partition coefficient (Wildman–Crippen LogP) is 2.15. The maximum absolute atomic E-state index is 11.7. The van der Waals surface area contributed by atoms with Crippen LogP contribution in [0.3, 0.4) is 0 Å². The summed E-state index contributed by atoms with van der Waals surface area (Å²) < 4.78 is 0. The van der Waals surface area contributed by atoms with Gasteiger partial charge in [-0.15, -0.1) is 11.8 Å². The van der Waals surface area contributed by atoms with E-state index in [0.717, 1.165) is 10.5 Å². The lowest BCUT2D eigenvalue weighted by Crippen LogP contribution is -2.35. The number of hydrogen-bond donors (Lipinski definition) is 2. The van der Waals surface area contributed by atoms with Crippen molar-refractivity contribution in [1.29, 1.82) is 0 Å². The Hall–Kier alpha value is -1.00. The van der Waals surface area contributed by atoms with Crippen molar-refractivity contribution >= 4 is 17.7 Å². The van der Waals surface area contributed by atoms with Gasteiger partial charge >= 0.3 is 0 Å². The minimum Gasteiger partial charge on any atom is -0.353 e. The van der Waals surface area contributed by atoms with E-state index >= 15 is 0 Å². The third-order valence-corrected chi connectivity index (χ3v) is 3.38. The van der Waals surface area contributed by atoms with Gasteiger partial charge in [-0.05, 0) is 38.5 Å². The normalized spacial score (nSPS) is 12.5. The number of nitrogens with one attached hydrogen (secondary N) is 1. The Kier molecular flexibility index (Phi) is 5.51. The lowest BCUT2D eigenvalue weighted by atomic mass is 10.2. The molecule has 0 spiro atoms. The van der Waals surface area contributed by atoms with Gasteiger partial charge in [0.15, 0.2) is 0 Å². The highest BCUT2D eigenvalue weighted by Crippen LogP contribution is 2.23. The van der Waals surface area contributed by atoms with Crippen LogP contribution >= 0.6 is 11.8 Å². The van der Waals surface area contributed by atoms with Gasteiger partial charge in [0.25, 0.3) is 0 Å². The Balaban J connectivity index is 2.55. The zero-order chi connectivity index (χ0) is 12.8. The summed E-state index contributed by atoms with van der Waals surface area (Å²) in [6.45, 7) is 6.39. The number of benzene rings is 1. The van der Waals surface area contributed by atoms with Crippen LogP contribution in [-0.2, 0) is 11.3 Å². The Labute approximate surface area is 107 Å². The van der Waals surface area contributed by atoms with Crippen molar-refractivity contribution in [3.63, 3.8) is 0 Å². The van der Waals surface area contributed by atoms with E-state index in [0.29, 0.717) is 6.54 Å². The first kappa shape index (κ1) is 14.1. The molecule has 94 valence electrons. The molecule has 0 aliphatic heterocycles. The molecule has 0 radical (unpaired) electrons. The summed E-state index contributed by atoms with van der Waals surface area (Å²) in [6, 6.07) is 8.19. The number of nitrogens with two attached hydrogens (primary N) is 1. The monoisotopic (exact) mass is 252 g/mol. The summed E-state index contributed by atoms with van der Waals surface area (Å²) >= 11 is 1.56. The molecule has 0 saturated carbocycles. The van der Waals surface area contributed by atoms with E-state index in [9.17, 15) is 4.79 Å². The molecule has 0 aromatic heterocycles. The molecule has 1 atom stereocenters. The smallest absolute Gasteiger partial charge is 0.233 e. The molecule has 0 bridgehead atoms. The largest absolute Gasteiger partial charge is 0.353 e. The summed E-state index contributed by atoms with van der Waals surface area (Å²) in [5.74, 6) is 0.0768. The number of hydrogen-bond acceptors (Lipinski definition) is 3. The van der Waals surface area contributed by atoms with Crippen molar-refractivity contribution in [1.82, 2.24) is 5.32 Å². The number of carbonyl (C=O) groups is 1. The van der Waals surface area contributed by atoms with Gasteiger partial charge in [-0.1, -0.05) is 12.1 Å². The molecule has 4 heteroatoms. The quantitative estimate of drug-likeness (QED) is 0.790. The van der Waals surface area contributed by atoms with Gasteiger partial charge in [0.2, 0.25) is 5.91 Å². The van der Waals surface area contributed by atoms with Gasteiger partial charge in [-0.25, -0.2) is 0 Å². The second-order valence-electron chi connectivity index (χ2n) is 4.27. The molecular weight excluding hydrogens is 232 g/mol. The van der Waals surface area contributed by atoms with E-state index in [4.69, 9.17) is 5.73 Å². The van der Waals surface area contributed by atoms with Crippen molar-refractivity contribution < 1.29 is 4.79 Å². The highest BCUT2D eigenvalue weighted by molar-refractivity contribution is 8.00. The fourth-order valence-electron chi connectivity index (χ4n) is 1.36. The van der Waals surface area contributed by atoms with Crippen LogP contribution in [0.5, 0.6) is 0 Å². The zero-order valence-corrected chi connectivity index (χ0v) is 11.4. The lowest BCUT2D eigenvalue weighted by molar-refractivity contribution is -0.120. The second-order valence-corrected chi connectivity index (χ2v) is 5.69. The maximum atomic E-state index is 11.7. The highest BCUT2D eigenvalue weighted by Gasteiger charge is 2.14. The number of rotatable bonds is 5. The second kappa shape index (κ2) is 6.67. The van der Waals surface area contributed by atoms with Crippen molar-refractivity contribution in [2.75, 3.05) is 0 Å². The zero-order valence-electron chi connectivity index (χ0n) is 10.6. The van der Waals surface area contributed by atoms with Crippen molar-refractivity contribution in [3.05, 3.63) is 29.8 Å². The van der Waals surface area contributed by atoms with Crippen LogP contribution in [0.1, 0.15) is 26.3 Å². The van der Waals surface area contributed by atoms with E-state index in [1.807, 2.05) is 45.0 Å². The van der Waals surface area contributed by atoms with Crippen LogP contribution in [-0.4, -0.2) is 17.2 Å². The first-order chi connectivity index (χ1) is 8.02. The molecule has 1 unspecified atom stereocenters. The van der Waals surface area contributed by atoms with Crippen molar-refractivity contribution in [2.45, 2.75) is 43.5 Å². The summed E-state index contributed by atoms with van der Waals surface area (Å²) in [6.07, 6.45) is 0. The molecular formula is C13H20N2OS. The SMILES string of the molecule is CC(C)NC(=O)C(C)Sc1ccc(CN)cc1. The first-order valence-corrected chi connectivity index (χ1v) is 6.67. The van der Waals surface area contributed by atoms with Crippen molar-refractivity contribution in [2.24, 2.45) is 5.73 Å². The van der Waals surface area contributed by atoms with Gasteiger partial charge in [-0.2, -0.15) is 0 Å². The third kappa shape index (κ3) is 4.79. The van der Waals surface area contributed by atoms with Crippen LogP contribution in [0.25, 0.3) is 0 Å². The van der Waals surface area contributed by atoms with Gasteiger partial charge in [0.05, 0.1) is 5.25 Å². The Morgan fingerprint density at radius 2 is 1.88 bits per heavy atom. The number of thioether (sulfide) groups is 1. The van der Waals surface area contributed by atoms with Gasteiger partial charge in [0, 0.05) is 17.5 Å². The average Bonchev–Trinajstić information content (AvgIpc) is 2.29. The van der Waals surface area contributed by atoms with Gasteiger partial charge in [0.1, 0.15) is 0 Å². The topological polar surface area (TPSA) is 55.1 Å². The Bertz CT molecular complexity index is 362. The van der Waals surface area contributed by atoms with E-state index in [-0.39, 0.29) is 17.2 Å². The molecule has 3 nitrogen and oxygen atoms in total. The number of carbonyl (C=O) groups excluding carboxylic acids is 1. The molecule has 0 aliphatic carbocycles. The van der Waals surface area contributed by atoms with E-state index in [1.54, 1.807) is 11.8 Å². The fourth-order valence-corrected chi connectivity index (χ4v) is 2.24. The molecule has 0 aliphatic rings. The molecule has 0 saturated heterocycles. The minimum absolute atomic E-state index is 0.0768. The summed E-state index contributed by atoms with van der Waals surface area (Å²) in [7, 11) is 0. The Morgan fingerprint density at radius 3 is 2.35 bits per heavy atom. The molecule has 1 aromatic rings. The standard InChI is InChI=1S/C13H20N2OS/c1-9(2)15-13(16)10(3)17-12-6-4-11(8-14)5-7-12/h4-7,9-10H,8,14H2,1-3H3,(H,15,16). The van der Waals surface area contributed by atoms with Gasteiger partial charge in [-0.3, -0.25) is 4.79 Å². The average molecular weight is 252 g/mol. The molecule has 1 rings (SSSR count). The van der Waals surface area contributed by atoms with Crippen LogP contribution in [0.4, 0.5) is 0 Å². The molecule has 1 amide bonds. The summed E-state index contributed by atoms with van der Waals surface area (Å²) in [5.41, 5.74) is 6.64. The van der Waals surface area contributed by atoms with E-state index in [2.05, 4.69) is 5.32 Å². The fraction of sp³-hybridized carbons (Fsp3) is 0.462. The molecule has 3 N–H and O–H groups in total. The van der Waals surface area contributed by atoms with Crippen LogP contribution < -0.4 is 11.1 Å². The Morgan fingerprint density at radius 1 is 1.29 bits per heavy atom. The number of amides is 1. The summed E-state index contributed by atoms with van der Waals surface area (Å²) in [5, 5.41) is 2.82. The molecule has 1 aromatic carbocycles. The third-order valence-electron chi connectivity index (χ3n) is 2.27.